The van der Waals surface area contributed by atoms with Crippen molar-refractivity contribution in [2.75, 3.05) is 14.2 Å². The monoisotopic (exact) mass is 391 g/mol. The Labute approximate surface area is 170 Å². The third-order valence-electron chi connectivity index (χ3n) is 4.82. The number of amides is 1. The van der Waals surface area contributed by atoms with Crippen molar-refractivity contribution in [3.8, 4) is 17.2 Å². The zero-order valence-corrected chi connectivity index (χ0v) is 17.3. The maximum absolute atomic E-state index is 12.7. The highest BCUT2D eigenvalue weighted by atomic mass is 16.5. The number of rotatable bonds is 6. The van der Waals surface area contributed by atoms with E-state index in [0.29, 0.717) is 22.8 Å². The van der Waals surface area contributed by atoms with Crippen molar-refractivity contribution in [3.05, 3.63) is 77.1 Å². The summed E-state index contributed by atoms with van der Waals surface area (Å²) in [6, 6.07) is 17.3. The number of para-hydroxylation sites is 1. The lowest BCUT2D eigenvalue weighted by molar-refractivity contribution is 0.0954. The van der Waals surface area contributed by atoms with E-state index in [-0.39, 0.29) is 5.91 Å². The fraction of sp³-hybridized carbons (Fsp3) is 0.217. The third kappa shape index (κ3) is 4.16. The van der Waals surface area contributed by atoms with Crippen molar-refractivity contribution in [2.45, 2.75) is 20.8 Å². The molecular formula is C23H25N3O3. The highest BCUT2D eigenvalue weighted by Gasteiger charge is 2.16. The Kier molecular flexibility index (Phi) is 6.02. The Morgan fingerprint density at radius 3 is 2.31 bits per heavy atom. The summed E-state index contributed by atoms with van der Waals surface area (Å²) in [7, 11) is 3.17. The molecule has 1 aromatic heterocycles. The summed E-state index contributed by atoms with van der Waals surface area (Å²) in [6.45, 7) is 5.74. The maximum Gasteiger partial charge on any atom is 0.273 e. The SMILES string of the molecule is COc1ccc(/C(C)=N/NC(=O)c2cc(C)n(-c3ccccc3)c2C)cc1OC. The third-order valence-corrected chi connectivity index (χ3v) is 4.82. The zero-order chi connectivity index (χ0) is 21.0. The number of aryl methyl sites for hydroxylation is 1. The molecule has 3 rings (SSSR count). The molecule has 29 heavy (non-hydrogen) atoms. The van der Waals surface area contributed by atoms with Crippen molar-refractivity contribution >= 4 is 11.6 Å². The predicted molar refractivity (Wildman–Crippen MR) is 114 cm³/mol. The lowest BCUT2D eigenvalue weighted by Crippen LogP contribution is -2.20. The van der Waals surface area contributed by atoms with Crippen LogP contribution >= 0.6 is 0 Å². The summed E-state index contributed by atoms with van der Waals surface area (Å²) < 4.78 is 12.6. The van der Waals surface area contributed by atoms with Gasteiger partial charge in [-0.15, -0.1) is 0 Å². The molecule has 0 aliphatic carbocycles. The van der Waals surface area contributed by atoms with Gasteiger partial charge in [-0.2, -0.15) is 5.10 Å². The topological polar surface area (TPSA) is 64.8 Å². The van der Waals surface area contributed by atoms with E-state index in [1.165, 1.54) is 0 Å². The van der Waals surface area contributed by atoms with E-state index >= 15 is 0 Å². The van der Waals surface area contributed by atoms with Crippen LogP contribution in [0.4, 0.5) is 0 Å². The molecule has 0 fully saturated rings. The molecule has 3 aromatic rings. The Hall–Kier alpha value is -3.54. The number of hydrogen-bond acceptors (Lipinski definition) is 4. The van der Waals surface area contributed by atoms with Crippen molar-refractivity contribution in [3.63, 3.8) is 0 Å². The first-order chi connectivity index (χ1) is 14.0. The summed E-state index contributed by atoms with van der Waals surface area (Å²) >= 11 is 0. The smallest absolute Gasteiger partial charge is 0.273 e. The molecule has 0 bridgehead atoms. The van der Waals surface area contributed by atoms with Gasteiger partial charge in [-0.05, 0) is 57.2 Å². The van der Waals surface area contributed by atoms with Gasteiger partial charge in [0.25, 0.3) is 5.91 Å². The van der Waals surface area contributed by atoms with Gasteiger partial charge in [-0.3, -0.25) is 4.79 Å². The number of carbonyl (C=O) groups excluding carboxylic acids is 1. The Balaban J connectivity index is 1.82. The number of carbonyl (C=O) groups is 1. The number of aromatic nitrogens is 1. The Morgan fingerprint density at radius 2 is 1.66 bits per heavy atom. The molecule has 0 radical (unpaired) electrons. The van der Waals surface area contributed by atoms with Gasteiger partial charge in [-0.25, -0.2) is 5.43 Å². The van der Waals surface area contributed by atoms with Crippen LogP contribution in [0.2, 0.25) is 0 Å². The molecule has 0 saturated carbocycles. The first-order valence-corrected chi connectivity index (χ1v) is 9.27. The molecule has 0 unspecified atom stereocenters. The number of benzene rings is 2. The average Bonchev–Trinajstić information content (AvgIpc) is 3.05. The van der Waals surface area contributed by atoms with E-state index in [9.17, 15) is 4.79 Å². The first-order valence-electron chi connectivity index (χ1n) is 9.27. The van der Waals surface area contributed by atoms with Crippen LogP contribution in [0.5, 0.6) is 11.5 Å². The van der Waals surface area contributed by atoms with Crippen LogP contribution in [0.3, 0.4) is 0 Å². The molecule has 0 atom stereocenters. The highest BCUT2D eigenvalue weighted by molar-refractivity contribution is 6.01. The predicted octanol–water partition coefficient (Wildman–Crippen LogP) is 4.27. The summed E-state index contributed by atoms with van der Waals surface area (Å²) in [5, 5.41) is 4.27. The van der Waals surface area contributed by atoms with Gasteiger partial charge < -0.3 is 14.0 Å². The summed E-state index contributed by atoms with van der Waals surface area (Å²) in [5.74, 6) is 0.999. The average molecular weight is 391 g/mol. The lowest BCUT2D eigenvalue weighted by Gasteiger charge is -2.10. The molecule has 1 amide bonds. The highest BCUT2D eigenvalue weighted by Crippen LogP contribution is 2.27. The number of hydrazone groups is 1. The lowest BCUT2D eigenvalue weighted by atomic mass is 10.1. The number of nitrogens with one attached hydrogen (secondary N) is 1. The van der Waals surface area contributed by atoms with E-state index in [0.717, 1.165) is 22.6 Å². The first kappa shape index (κ1) is 20.2. The van der Waals surface area contributed by atoms with Crippen LogP contribution in [0.15, 0.2) is 59.7 Å². The quantitative estimate of drug-likeness (QED) is 0.504. The second kappa shape index (κ2) is 8.65. The van der Waals surface area contributed by atoms with E-state index < -0.39 is 0 Å². The Bertz CT molecular complexity index is 1050. The summed E-state index contributed by atoms with van der Waals surface area (Å²) in [5.41, 5.74) is 7.62. The minimum absolute atomic E-state index is 0.250. The normalized spacial score (nSPS) is 11.3. The number of ether oxygens (including phenoxy) is 2. The van der Waals surface area contributed by atoms with Gasteiger partial charge in [0.05, 0.1) is 25.5 Å². The van der Waals surface area contributed by atoms with Gasteiger partial charge in [0.1, 0.15) is 0 Å². The van der Waals surface area contributed by atoms with Crippen molar-refractivity contribution in [1.82, 2.24) is 9.99 Å². The molecule has 0 saturated heterocycles. The molecule has 150 valence electrons. The van der Waals surface area contributed by atoms with Crippen molar-refractivity contribution < 1.29 is 14.3 Å². The maximum atomic E-state index is 12.7. The van der Waals surface area contributed by atoms with Crippen LogP contribution in [0.25, 0.3) is 5.69 Å². The summed E-state index contributed by atoms with van der Waals surface area (Å²) in [6.07, 6.45) is 0. The van der Waals surface area contributed by atoms with Crippen molar-refractivity contribution in [1.29, 1.82) is 0 Å². The standard InChI is InChI=1S/C23H25N3O3/c1-15-13-20(17(3)26(15)19-9-7-6-8-10-19)23(27)25-24-16(2)18-11-12-21(28-4)22(14-18)29-5/h6-14H,1-5H3,(H,25,27)/b24-16+. The second-order valence-electron chi connectivity index (χ2n) is 6.66. The van der Waals surface area contributed by atoms with E-state index in [2.05, 4.69) is 15.1 Å². The van der Waals surface area contributed by atoms with Crippen LogP contribution in [-0.4, -0.2) is 30.4 Å². The van der Waals surface area contributed by atoms with Crippen LogP contribution in [0.1, 0.15) is 34.2 Å². The molecule has 6 heteroatoms. The van der Waals surface area contributed by atoms with E-state index in [4.69, 9.17) is 9.47 Å². The van der Waals surface area contributed by atoms with Gasteiger partial charge in [0.15, 0.2) is 11.5 Å². The van der Waals surface area contributed by atoms with Gasteiger partial charge in [0, 0.05) is 22.6 Å². The van der Waals surface area contributed by atoms with Gasteiger partial charge in [-0.1, -0.05) is 18.2 Å². The molecule has 6 nitrogen and oxygen atoms in total. The second-order valence-corrected chi connectivity index (χ2v) is 6.66. The largest absolute Gasteiger partial charge is 0.493 e. The van der Waals surface area contributed by atoms with Crippen molar-refractivity contribution in [2.24, 2.45) is 5.10 Å². The van der Waals surface area contributed by atoms with Gasteiger partial charge in [0.2, 0.25) is 0 Å². The fourth-order valence-corrected chi connectivity index (χ4v) is 3.29. The number of hydrogen-bond donors (Lipinski definition) is 1. The number of nitrogens with zero attached hydrogens (tertiary/aromatic N) is 2. The minimum Gasteiger partial charge on any atom is -0.493 e. The molecule has 0 spiro atoms. The van der Waals surface area contributed by atoms with Crippen LogP contribution in [-0.2, 0) is 0 Å². The van der Waals surface area contributed by atoms with Gasteiger partial charge >= 0.3 is 0 Å². The Morgan fingerprint density at radius 1 is 0.966 bits per heavy atom. The number of methoxy groups -OCH3 is 2. The van der Waals surface area contributed by atoms with E-state index in [1.807, 2.05) is 75.4 Å². The molecular weight excluding hydrogens is 366 g/mol. The van der Waals surface area contributed by atoms with E-state index in [1.54, 1.807) is 14.2 Å². The van der Waals surface area contributed by atoms with Crippen LogP contribution in [0, 0.1) is 13.8 Å². The molecule has 2 aromatic carbocycles. The minimum atomic E-state index is -0.250. The fourth-order valence-electron chi connectivity index (χ4n) is 3.29. The molecule has 1 heterocycles. The molecule has 1 N–H and O–H groups in total. The zero-order valence-electron chi connectivity index (χ0n) is 17.3. The molecule has 0 aliphatic rings. The summed E-state index contributed by atoms with van der Waals surface area (Å²) in [4.78, 5) is 12.7. The molecule has 0 aliphatic heterocycles. The van der Waals surface area contributed by atoms with Crippen LogP contribution < -0.4 is 14.9 Å².